The Morgan fingerprint density at radius 1 is 0.923 bits per heavy atom. The average molecular weight is 571 g/mol. The number of rotatable bonds is 8. The fourth-order valence-electron chi connectivity index (χ4n) is 3.77. The van der Waals surface area contributed by atoms with Crippen molar-refractivity contribution in [1.82, 2.24) is 8.96 Å². The van der Waals surface area contributed by atoms with Crippen molar-refractivity contribution in [3.05, 3.63) is 93.9 Å². The first-order valence-corrected chi connectivity index (χ1v) is 14.5. The van der Waals surface area contributed by atoms with Crippen molar-refractivity contribution in [2.75, 3.05) is 7.11 Å². The molecule has 0 aliphatic carbocycles. The summed E-state index contributed by atoms with van der Waals surface area (Å²) >= 11 is 2.62. The molecule has 4 heterocycles. The first-order chi connectivity index (χ1) is 19.0. The lowest BCUT2D eigenvalue weighted by atomic mass is 10.3. The largest absolute Gasteiger partial charge is 0.494 e. The third kappa shape index (κ3) is 5.04. The summed E-state index contributed by atoms with van der Waals surface area (Å²) in [4.78, 5) is 12.1. The molecule has 0 bridgehead atoms. The van der Waals surface area contributed by atoms with E-state index in [9.17, 15) is 18.9 Å². The highest BCUT2D eigenvalue weighted by Gasteiger charge is 2.28. The van der Waals surface area contributed by atoms with Crippen molar-refractivity contribution in [3.8, 4) is 29.3 Å². The van der Waals surface area contributed by atoms with Gasteiger partial charge in [-0.05, 0) is 47.2 Å². The summed E-state index contributed by atoms with van der Waals surface area (Å²) < 4.78 is 34.6. The first kappa shape index (κ1) is 25.9. The van der Waals surface area contributed by atoms with E-state index in [1.165, 1.54) is 52.1 Å². The van der Waals surface area contributed by atoms with Gasteiger partial charge in [-0.3, -0.25) is 0 Å². The van der Waals surface area contributed by atoms with Crippen molar-refractivity contribution in [2.45, 2.75) is 4.90 Å². The van der Waals surface area contributed by atoms with E-state index >= 15 is 0 Å². The molecule has 0 aliphatic heterocycles. The van der Waals surface area contributed by atoms with Crippen LogP contribution in [0.2, 0.25) is 0 Å². The topological polar surface area (TPSA) is 136 Å². The van der Waals surface area contributed by atoms with Crippen LogP contribution in [0.1, 0.15) is 22.5 Å². The molecule has 0 fully saturated rings. The summed E-state index contributed by atoms with van der Waals surface area (Å²) in [5, 5.41) is 23.1. The number of H-pyrrole nitrogens is 1. The number of methoxy groups -OCH3 is 1. The summed E-state index contributed by atoms with van der Waals surface area (Å²) in [6, 6.07) is 20.7. The lowest BCUT2D eigenvalue weighted by molar-refractivity contribution is 0.414. The molecular formula is C27H18N6O3S3. The molecule has 1 N–H and O–H groups in total. The zero-order chi connectivity index (χ0) is 27.4. The Hall–Kier alpha value is -4.75. The van der Waals surface area contributed by atoms with Crippen molar-refractivity contribution in [1.29, 1.82) is 10.5 Å². The Bertz CT molecular complexity index is 1890. The zero-order valence-electron chi connectivity index (χ0n) is 20.3. The number of hydrogen-bond donors (Lipinski definition) is 1. The van der Waals surface area contributed by atoms with Gasteiger partial charge in [0.1, 0.15) is 33.6 Å². The van der Waals surface area contributed by atoms with E-state index < -0.39 is 10.0 Å². The second-order valence-electron chi connectivity index (χ2n) is 7.91. The van der Waals surface area contributed by atoms with Crippen LogP contribution in [-0.2, 0) is 10.0 Å². The number of thiophene rings is 2. The predicted molar refractivity (Wildman–Crippen MR) is 152 cm³/mol. The van der Waals surface area contributed by atoms with Crippen molar-refractivity contribution in [2.24, 2.45) is 9.98 Å². The number of aliphatic imine (C=N–C) groups is 2. The van der Waals surface area contributed by atoms with E-state index in [0.717, 1.165) is 0 Å². The Morgan fingerprint density at radius 2 is 1.56 bits per heavy atom. The van der Waals surface area contributed by atoms with E-state index in [1.54, 1.807) is 65.5 Å². The lowest BCUT2D eigenvalue weighted by Crippen LogP contribution is -2.17. The number of ether oxygens (including phenoxy) is 1. The molecule has 0 saturated carbocycles. The zero-order valence-corrected chi connectivity index (χ0v) is 22.7. The number of nitriles is 2. The van der Waals surface area contributed by atoms with Gasteiger partial charge < -0.3 is 9.72 Å². The van der Waals surface area contributed by atoms with E-state index in [-0.39, 0.29) is 16.3 Å². The van der Waals surface area contributed by atoms with Gasteiger partial charge in [-0.2, -0.15) is 10.5 Å². The van der Waals surface area contributed by atoms with Crippen molar-refractivity contribution >= 4 is 55.1 Å². The normalized spacial score (nSPS) is 11.7. The minimum absolute atomic E-state index is 0.0862. The Labute approximate surface area is 232 Å². The lowest BCUT2D eigenvalue weighted by Gasteiger charge is -2.12. The van der Waals surface area contributed by atoms with E-state index in [2.05, 4.69) is 27.1 Å². The summed E-state index contributed by atoms with van der Waals surface area (Å²) in [6.45, 7) is 0. The van der Waals surface area contributed by atoms with Gasteiger partial charge >= 0.3 is 0 Å². The number of benzene rings is 1. The predicted octanol–water partition coefficient (Wildman–Crippen LogP) is 6.10. The van der Waals surface area contributed by atoms with Gasteiger partial charge in [0.25, 0.3) is 10.0 Å². The first-order valence-electron chi connectivity index (χ1n) is 11.3. The molecule has 0 amide bonds. The van der Waals surface area contributed by atoms with Crippen LogP contribution >= 0.6 is 22.7 Å². The van der Waals surface area contributed by atoms with Gasteiger partial charge in [0.05, 0.1) is 52.6 Å². The van der Waals surface area contributed by atoms with Gasteiger partial charge in [-0.15, -0.1) is 22.7 Å². The van der Waals surface area contributed by atoms with Crippen LogP contribution in [-0.4, -0.2) is 36.9 Å². The van der Waals surface area contributed by atoms with Crippen LogP contribution in [0, 0.1) is 22.7 Å². The molecule has 0 radical (unpaired) electrons. The molecule has 1 aromatic carbocycles. The monoisotopic (exact) mass is 570 g/mol. The molecule has 39 heavy (non-hydrogen) atoms. The number of aromatic amines is 1. The molecule has 12 heteroatoms. The minimum atomic E-state index is -4.10. The van der Waals surface area contributed by atoms with Gasteiger partial charge in [0.2, 0.25) is 0 Å². The SMILES string of the molecule is COc1cc(-c2ccc(/C=N/c3sccc3C#N)[nH]2)n(S(=O)(=O)c2ccccc2)c1/C=N/c1sccc1C#N. The molecule has 5 rings (SSSR count). The minimum Gasteiger partial charge on any atom is -0.494 e. The van der Waals surface area contributed by atoms with Crippen molar-refractivity contribution in [3.63, 3.8) is 0 Å². The van der Waals surface area contributed by atoms with Gasteiger partial charge in [0, 0.05) is 6.07 Å². The second kappa shape index (κ2) is 10.9. The molecular weight excluding hydrogens is 553 g/mol. The van der Waals surface area contributed by atoms with E-state index in [4.69, 9.17) is 4.74 Å². The maximum absolute atomic E-state index is 13.9. The van der Waals surface area contributed by atoms with E-state index in [0.29, 0.717) is 38.2 Å². The van der Waals surface area contributed by atoms with Gasteiger partial charge in [-0.25, -0.2) is 22.4 Å². The number of nitrogens with one attached hydrogen (secondary N) is 1. The van der Waals surface area contributed by atoms with E-state index in [1.807, 2.05) is 0 Å². The highest BCUT2D eigenvalue weighted by Crippen LogP contribution is 2.35. The standard InChI is InChI=1S/C27H18N6O3S3/c1-36-25-13-23(22-8-7-20(32-22)16-30-26-18(14-28)9-11-37-26)33(39(34,35)21-5-3-2-4-6-21)24(25)17-31-27-19(15-29)10-12-38-27/h2-13,16-17,32H,1H3/b30-16+,31-17+. The molecule has 0 unspecified atom stereocenters. The number of nitrogens with zero attached hydrogens (tertiary/aromatic N) is 5. The fourth-order valence-corrected chi connectivity index (χ4v) is 6.66. The Morgan fingerprint density at radius 3 is 2.18 bits per heavy atom. The number of aromatic nitrogens is 2. The van der Waals surface area contributed by atoms with Crippen LogP contribution in [0.3, 0.4) is 0 Å². The smallest absolute Gasteiger partial charge is 0.268 e. The summed E-state index contributed by atoms with van der Waals surface area (Å²) in [5.41, 5.74) is 2.48. The molecule has 0 aliphatic rings. The number of hydrogen-bond acceptors (Lipinski definition) is 9. The summed E-state index contributed by atoms with van der Waals surface area (Å²) in [7, 11) is -2.65. The molecule has 0 spiro atoms. The highest BCUT2D eigenvalue weighted by molar-refractivity contribution is 7.90. The average Bonchev–Trinajstić information content (AvgIpc) is 3.76. The molecule has 0 atom stereocenters. The highest BCUT2D eigenvalue weighted by atomic mass is 32.2. The molecule has 4 aromatic heterocycles. The molecule has 192 valence electrons. The van der Waals surface area contributed by atoms with Crippen LogP contribution in [0.15, 0.2) is 86.3 Å². The third-order valence-corrected chi connectivity index (χ3v) is 8.98. The Balaban J connectivity index is 1.65. The van der Waals surface area contributed by atoms with Crippen LogP contribution in [0.5, 0.6) is 5.75 Å². The molecule has 9 nitrogen and oxygen atoms in total. The molecule has 0 saturated heterocycles. The van der Waals surface area contributed by atoms with Crippen LogP contribution in [0.25, 0.3) is 11.4 Å². The van der Waals surface area contributed by atoms with Crippen LogP contribution < -0.4 is 4.74 Å². The summed E-state index contributed by atoms with van der Waals surface area (Å²) in [5.74, 6) is 0.283. The maximum Gasteiger partial charge on any atom is 0.268 e. The van der Waals surface area contributed by atoms with Gasteiger partial charge in [-0.1, -0.05) is 18.2 Å². The quantitative estimate of drug-likeness (QED) is 0.225. The maximum atomic E-state index is 13.9. The molecule has 5 aromatic rings. The fraction of sp³-hybridized carbons (Fsp3) is 0.0370. The summed E-state index contributed by atoms with van der Waals surface area (Å²) in [6.07, 6.45) is 2.97. The third-order valence-electron chi connectivity index (χ3n) is 5.60. The Kier molecular flexibility index (Phi) is 7.25. The second-order valence-corrected chi connectivity index (χ2v) is 11.5. The van der Waals surface area contributed by atoms with Crippen molar-refractivity contribution < 1.29 is 13.2 Å². The van der Waals surface area contributed by atoms with Gasteiger partial charge in [0.15, 0.2) is 0 Å². The van der Waals surface area contributed by atoms with Crippen LogP contribution in [0.4, 0.5) is 10.0 Å².